The van der Waals surface area contributed by atoms with Crippen LogP contribution in [0.25, 0.3) is 22.3 Å². The van der Waals surface area contributed by atoms with Crippen LogP contribution in [-0.4, -0.2) is 53.2 Å². The van der Waals surface area contributed by atoms with Crippen molar-refractivity contribution in [1.82, 2.24) is 29.9 Å². The number of amides is 1. The number of ether oxygens (including phenoxy) is 1. The molecule has 0 fully saturated rings. The summed E-state index contributed by atoms with van der Waals surface area (Å²) in [7, 11) is 0. The molecule has 2 aliphatic heterocycles. The van der Waals surface area contributed by atoms with E-state index >= 15 is 4.39 Å². The van der Waals surface area contributed by atoms with E-state index in [1.165, 1.54) is 21.5 Å². The summed E-state index contributed by atoms with van der Waals surface area (Å²) in [6, 6.07) is 2.52. The fourth-order valence-corrected chi connectivity index (χ4v) is 6.80. The lowest BCUT2D eigenvalue weighted by molar-refractivity contribution is -0.172. The van der Waals surface area contributed by atoms with E-state index < -0.39 is 29.0 Å². The second-order valence-electron chi connectivity index (χ2n) is 11.3. The minimum absolute atomic E-state index is 0.0126. The van der Waals surface area contributed by atoms with Gasteiger partial charge in [0.05, 0.1) is 46.9 Å². The van der Waals surface area contributed by atoms with Gasteiger partial charge in [-0.25, -0.2) is 18.9 Å². The normalized spacial score (nSPS) is 20.0. The summed E-state index contributed by atoms with van der Waals surface area (Å²) < 4.78 is 23.3. The molecule has 1 amide bonds. The topological polar surface area (TPSA) is 161 Å². The number of hydrogen-bond acceptors (Lipinski definition) is 9. The quantitative estimate of drug-likeness (QED) is 0.249. The Morgan fingerprint density at radius 1 is 1.26 bits per heavy atom. The largest absolute Gasteiger partial charge is 0.458 e. The summed E-state index contributed by atoms with van der Waals surface area (Å²) in [6.07, 6.45) is 2.83. The summed E-state index contributed by atoms with van der Waals surface area (Å²) in [5, 5.41) is 32.2. The molecule has 3 N–H and O–H groups in total. The maximum atomic E-state index is 15.1. The molecule has 222 valence electrons. The van der Waals surface area contributed by atoms with Crippen molar-refractivity contribution < 1.29 is 28.9 Å². The van der Waals surface area contributed by atoms with Crippen LogP contribution in [-0.2, 0) is 52.5 Å². The van der Waals surface area contributed by atoms with Crippen LogP contribution in [0.1, 0.15) is 64.9 Å². The molecular formula is C30H29FN6O6. The Balaban J connectivity index is 1.38. The number of carbonyl (C=O) groups excluding carboxylic acids is 2. The zero-order valence-electron chi connectivity index (χ0n) is 23.6. The number of benzene rings is 1. The average molecular weight is 589 g/mol. The monoisotopic (exact) mass is 588 g/mol. The van der Waals surface area contributed by atoms with Gasteiger partial charge in [-0.2, -0.15) is 0 Å². The predicted molar refractivity (Wildman–Crippen MR) is 149 cm³/mol. The van der Waals surface area contributed by atoms with E-state index in [-0.39, 0.29) is 49.8 Å². The number of pyridine rings is 2. The lowest BCUT2D eigenvalue weighted by Crippen LogP contribution is -2.44. The Kier molecular flexibility index (Phi) is 6.22. The third-order valence-electron chi connectivity index (χ3n) is 9.07. The Morgan fingerprint density at radius 3 is 2.84 bits per heavy atom. The Morgan fingerprint density at radius 2 is 2.07 bits per heavy atom. The van der Waals surface area contributed by atoms with Crippen molar-refractivity contribution in [2.24, 2.45) is 0 Å². The molecule has 4 aromatic rings. The molecule has 13 heteroatoms. The molecule has 0 bridgehead atoms. The summed E-state index contributed by atoms with van der Waals surface area (Å²) >= 11 is 0. The highest BCUT2D eigenvalue weighted by Crippen LogP contribution is 2.45. The highest BCUT2D eigenvalue weighted by molar-refractivity contribution is 5.94. The van der Waals surface area contributed by atoms with Crippen molar-refractivity contribution in [3.63, 3.8) is 0 Å². The number of esters is 1. The number of rotatable bonds is 6. The van der Waals surface area contributed by atoms with Crippen LogP contribution in [0.4, 0.5) is 4.39 Å². The van der Waals surface area contributed by atoms with Gasteiger partial charge in [0.15, 0.2) is 5.60 Å². The van der Waals surface area contributed by atoms with Crippen molar-refractivity contribution in [3.8, 4) is 11.4 Å². The number of aliphatic hydroxyl groups excluding tert-OH is 1. The second-order valence-corrected chi connectivity index (χ2v) is 11.3. The number of fused-ring (bicyclic) bond motifs is 5. The minimum atomic E-state index is -1.97. The maximum absolute atomic E-state index is 15.1. The van der Waals surface area contributed by atoms with Crippen LogP contribution < -0.4 is 10.9 Å². The van der Waals surface area contributed by atoms with Crippen LogP contribution in [0, 0.1) is 12.7 Å². The van der Waals surface area contributed by atoms with Crippen molar-refractivity contribution in [2.45, 2.75) is 70.9 Å². The van der Waals surface area contributed by atoms with Crippen molar-refractivity contribution in [3.05, 3.63) is 73.6 Å². The summed E-state index contributed by atoms with van der Waals surface area (Å²) in [5.74, 6) is -1.52. The fourth-order valence-electron chi connectivity index (χ4n) is 6.80. The van der Waals surface area contributed by atoms with Gasteiger partial charge in [0.1, 0.15) is 19.0 Å². The molecule has 0 unspecified atom stereocenters. The molecule has 0 spiro atoms. The van der Waals surface area contributed by atoms with Gasteiger partial charge in [0, 0.05) is 35.6 Å². The molecule has 43 heavy (non-hydrogen) atoms. The van der Waals surface area contributed by atoms with Crippen LogP contribution in [0.2, 0.25) is 0 Å². The van der Waals surface area contributed by atoms with Crippen LogP contribution in [0.5, 0.6) is 0 Å². The number of aliphatic hydroxyl groups is 2. The highest BCUT2D eigenvalue weighted by Gasteiger charge is 2.46. The van der Waals surface area contributed by atoms with E-state index in [1.807, 2.05) is 0 Å². The molecule has 7 rings (SSSR count). The van der Waals surface area contributed by atoms with E-state index in [0.717, 1.165) is 22.1 Å². The van der Waals surface area contributed by atoms with E-state index in [2.05, 4.69) is 15.6 Å². The lowest BCUT2D eigenvalue weighted by atomic mass is 9.81. The third-order valence-corrected chi connectivity index (χ3v) is 9.07. The van der Waals surface area contributed by atoms with Gasteiger partial charge in [-0.05, 0) is 48.9 Å². The van der Waals surface area contributed by atoms with Gasteiger partial charge < -0.3 is 24.8 Å². The molecule has 2 atom stereocenters. The number of aromatic nitrogens is 5. The first-order valence-corrected chi connectivity index (χ1v) is 14.3. The molecule has 0 saturated carbocycles. The Bertz CT molecular complexity index is 1930. The number of aryl methyl sites for hydroxylation is 1. The van der Waals surface area contributed by atoms with Crippen molar-refractivity contribution >= 4 is 22.8 Å². The van der Waals surface area contributed by atoms with E-state index in [4.69, 9.17) is 9.72 Å². The molecule has 3 aliphatic rings. The van der Waals surface area contributed by atoms with Crippen LogP contribution in [0.3, 0.4) is 0 Å². The molecule has 12 nitrogen and oxygen atoms in total. The molecule has 1 aromatic carbocycles. The first-order chi connectivity index (χ1) is 20.7. The van der Waals surface area contributed by atoms with Crippen LogP contribution >= 0.6 is 0 Å². The third kappa shape index (κ3) is 3.94. The van der Waals surface area contributed by atoms with Gasteiger partial charge in [-0.1, -0.05) is 12.1 Å². The molecule has 5 heterocycles. The Hall–Kier alpha value is -4.49. The number of cyclic esters (lactones) is 1. The number of halogens is 1. The van der Waals surface area contributed by atoms with Gasteiger partial charge in [0.25, 0.3) is 5.56 Å². The highest BCUT2D eigenvalue weighted by atomic mass is 19.1. The van der Waals surface area contributed by atoms with Gasteiger partial charge in [-0.3, -0.25) is 9.59 Å². The maximum Gasteiger partial charge on any atom is 0.343 e. The number of hydrogen-bond donors (Lipinski definition) is 3. The van der Waals surface area contributed by atoms with Crippen molar-refractivity contribution in [1.29, 1.82) is 0 Å². The number of nitrogens with one attached hydrogen (secondary N) is 1. The molecule has 1 aliphatic carbocycles. The molecule has 3 aromatic heterocycles. The van der Waals surface area contributed by atoms with Crippen molar-refractivity contribution in [2.75, 3.05) is 6.61 Å². The van der Waals surface area contributed by atoms with Crippen LogP contribution in [0.15, 0.2) is 23.1 Å². The minimum Gasteiger partial charge on any atom is -0.458 e. The van der Waals surface area contributed by atoms with Gasteiger partial charge >= 0.3 is 5.97 Å². The fraction of sp³-hybridized carbons (Fsp3) is 0.400. The predicted octanol–water partition coefficient (Wildman–Crippen LogP) is 1.46. The molecule has 0 radical (unpaired) electrons. The Labute approximate surface area is 244 Å². The summed E-state index contributed by atoms with van der Waals surface area (Å²) in [5.41, 5.74) is 2.72. The number of nitrogens with zero attached hydrogens (tertiary/aromatic N) is 5. The smallest absolute Gasteiger partial charge is 0.343 e. The van der Waals surface area contributed by atoms with Gasteiger partial charge in [0.2, 0.25) is 5.91 Å². The van der Waals surface area contributed by atoms with E-state index in [9.17, 15) is 24.6 Å². The summed E-state index contributed by atoms with van der Waals surface area (Å²) in [6.45, 7) is 3.06. The molecular weight excluding hydrogens is 559 g/mol. The lowest BCUT2D eigenvalue weighted by Gasteiger charge is -2.31. The first-order valence-electron chi connectivity index (χ1n) is 14.3. The van der Waals surface area contributed by atoms with Gasteiger partial charge in [-0.15, -0.1) is 5.10 Å². The average Bonchev–Trinajstić information content (AvgIpc) is 3.58. The molecule has 0 saturated heterocycles. The van der Waals surface area contributed by atoms with E-state index in [1.54, 1.807) is 19.9 Å². The van der Waals surface area contributed by atoms with E-state index in [0.29, 0.717) is 47.4 Å². The summed E-state index contributed by atoms with van der Waals surface area (Å²) in [4.78, 5) is 44.5. The second kappa shape index (κ2) is 9.78. The zero-order valence-corrected chi connectivity index (χ0v) is 23.6. The first kappa shape index (κ1) is 27.3. The standard InChI is InChI=1S/C30H29FN6O6/c1-3-30(42)19-8-23-27-17(11-36(23)28(40)18(19)13-43-29(30)41)26-21(33-24(39)12-37-15(6-7-38)10-32-35-37)5-4-16-14(2)20(31)9-22(34-27)25(16)26/h8-10,21,38,42H,3-7,11-13H2,1-2H3,(H,33,39)/t21-,30-/m0/s1. The zero-order chi connectivity index (χ0) is 30.2. The number of carbonyl (C=O) groups is 2. The SMILES string of the molecule is CC[C@@]1(O)C(=O)OCc2c1cc1n(c2=O)Cc2c-1nc1cc(F)c(C)c3c1c2[C@@H](NC(=O)Cn1nncc1CCO)CC3.